The topological polar surface area (TPSA) is 83.1 Å². The fraction of sp³-hybridized carbons (Fsp3) is 1.00. The molecule has 0 heterocycles. The Balaban J connectivity index is 7.62. The van der Waals surface area contributed by atoms with Crippen molar-refractivity contribution >= 4 is 34.2 Å². The fourth-order valence-corrected chi connectivity index (χ4v) is 28.4. The second kappa shape index (κ2) is 24.0. The van der Waals surface area contributed by atoms with Crippen LogP contribution in [-0.4, -0.2) is 98.3 Å². The first-order chi connectivity index (χ1) is 22.7. The Bertz CT molecular complexity index is 783. The minimum absolute atomic E-state index is 0.0972. The van der Waals surface area contributed by atoms with Crippen molar-refractivity contribution < 1.29 is 40.1 Å². The van der Waals surface area contributed by atoms with Crippen LogP contribution in [0.4, 0.5) is 0 Å². The highest BCUT2D eigenvalue weighted by Crippen LogP contribution is 2.45. The summed E-state index contributed by atoms with van der Waals surface area (Å²) < 4.78 is 62.0. The van der Waals surface area contributed by atoms with Gasteiger partial charge in [-0.05, 0) is 91.4 Å². The van der Waals surface area contributed by atoms with Gasteiger partial charge in [-0.15, -0.1) is 0 Å². The largest absolute Gasteiger partial charge is 0.415 e. The van der Waals surface area contributed by atoms with Crippen molar-refractivity contribution in [1.29, 1.82) is 0 Å². The lowest BCUT2D eigenvalue weighted by molar-refractivity contribution is 0.0749. The molecule has 0 aromatic heterocycles. The summed E-state index contributed by atoms with van der Waals surface area (Å²) in [6.45, 7) is 42.2. The number of rotatable bonds is 30. The van der Waals surface area contributed by atoms with Crippen LogP contribution in [0.15, 0.2) is 0 Å². The van der Waals surface area contributed by atoms with Crippen LogP contribution in [0.25, 0.3) is 0 Å². The van der Waals surface area contributed by atoms with E-state index in [-0.39, 0.29) is 46.6 Å². The lowest BCUT2D eigenvalue weighted by atomic mass is 10.5. The van der Waals surface area contributed by atoms with Crippen molar-refractivity contribution in [2.24, 2.45) is 0 Å². The highest BCUT2D eigenvalue weighted by atomic mass is 28.5. The van der Waals surface area contributed by atoms with E-state index in [1.165, 1.54) is 0 Å². The Hall–Kier alpha value is 0.508. The second-order valence-corrected chi connectivity index (χ2v) is 31.9. The van der Waals surface area contributed by atoms with Crippen molar-refractivity contribution in [2.75, 3.05) is 39.6 Å². The SMILES string of the molecule is CCO[Si](CCOC(C)C)(O[Si](CCOC(C)C)(O[Si](CCOC(C)C)(O[Si](CCOC(C)C)(OCC)C(C)C)C(C)C)C(C)C)C(C)C. The molecular formula is C36H82O9Si4. The predicted molar refractivity (Wildman–Crippen MR) is 213 cm³/mol. The van der Waals surface area contributed by atoms with Gasteiger partial charge < -0.3 is 40.1 Å². The molecule has 0 aromatic carbocycles. The molecule has 0 N–H and O–H groups in total. The maximum absolute atomic E-state index is 7.97. The first-order valence-corrected chi connectivity index (χ1v) is 27.9. The standard InChI is InChI=1S/C36H82O9Si4/c1-19-41-46(33(11)12,25-21-37-29(3)4)43-48(35(15)16,27-23-39-31(7)8)45-49(36(17)18,28-24-40-32(9)10)44-47(34(13)14,42-20-2)26-22-38-30(5)6/h29-36H,19-28H2,1-18H3. The molecule has 4 atom stereocenters. The molecule has 4 unspecified atom stereocenters. The summed E-state index contributed by atoms with van der Waals surface area (Å²) in [4.78, 5) is 0. The predicted octanol–water partition coefficient (Wildman–Crippen LogP) is 10.2. The van der Waals surface area contributed by atoms with E-state index in [0.717, 1.165) is 12.1 Å². The zero-order valence-corrected chi connectivity index (χ0v) is 39.4. The van der Waals surface area contributed by atoms with E-state index in [0.29, 0.717) is 51.7 Å². The van der Waals surface area contributed by atoms with Gasteiger partial charge in [-0.3, -0.25) is 0 Å². The molecule has 0 aliphatic carbocycles. The van der Waals surface area contributed by atoms with Gasteiger partial charge in [0.1, 0.15) is 0 Å². The van der Waals surface area contributed by atoms with Crippen molar-refractivity contribution in [1.82, 2.24) is 0 Å². The van der Waals surface area contributed by atoms with Gasteiger partial charge in [-0.25, -0.2) is 0 Å². The van der Waals surface area contributed by atoms with Crippen LogP contribution in [0.2, 0.25) is 46.3 Å². The lowest BCUT2D eigenvalue weighted by Gasteiger charge is -2.52. The first kappa shape index (κ1) is 49.5. The first-order valence-electron chi connectivity index (χ1n) is 19.5. The summed E-state index contributed by atoms with van der Waals surface area (Å²) >= 11 is 0. The molecule has 0 fully saturated rings. The highest BCUT2D eigenvalue weighted by Gasteiger charge is 2.60. The van der Waals surface area contributed by atoms with Gasteiger partial charge in [-0.1, -0.05) is 55.4 Å². The molecule has 0 bridgehead atoms. The van der Waals surface area contributed by atoms with Gasteiger partial charge in [0.2, 0.25) is 0 Å². The maximum atomic E-state index is 7.97. The Kier molecular flexibility index (Phi) is 24.3. The van der Waals surface area contributed by atoms with Gasteiger partial charge >= 0.3 is 34.2 Å². The van der Waals surface area contributed by atoms with Crippen molar-refractivity contribution in [3.63, 3.8) is 0 Å². The van der Waals surface area contributed by atoms with Gasteiger partial charge in [0.25, 0.3) is 0 Å². The quantitative estimate of drug-likeness (QED) is 0.0663. The average Bonchev–Trinajstić information content (AvgIpc) is 2.95. The van der Waals surface area contributed by atoms with E-state index in [4.69, 9.17) is 40.1 Å². The fourth-order valence-electron chi connectivity index (χ4n) is 5.86. The van der Waals surface area contributed by atoms with Gasteiger partial charge in [0, 0.05) is 63.8 Å². The molecule has 0 amide bonds. The van der Waals surface area contributed by atoms with Crippen molar-refractivity contribution in [3.8, 4) is 0 Å². The summed E-state index contributed by atoms with van der Waals surface area (Å²) in [7, 11) is -12.1. The summed E-state index contributed by atoms with van der Waals surface area (Å²) in [6.07, 6.45) is 0.456. The summed E-state index contributed by atoms with van der Waals surface area (Å²) in [6, 6.07) is 2.83. The molecule has 0 aromatic rings. The normalized spacial score (nSPS) is 18.0. The van der Waals surface area contributed by atoms with E-state index in [9.17, 15) is 0 Å². The van der Waals surface area contributed by atoms with Crippen LogP contribution in [0.3, 0.4) is 0 Å². The van der Waals surface area contributed by atoms with E-state index >= 15 is 0 Å². The molecule has 0 saturated heterocycles. The Morgan fingerprint density at radius 1 is 0.327 bits per heavy atom. The maximum Gasteiger partial charge on any atom is 0.334 e. The average molecular weight is 771 g/mol. The van der Waals surface area contributed by atoms with Gasteiger partial charge in [0.05, 0.1) is 24.4 Å². The van der Waals surface area contributed by atoms with E-state index < -0.39 is 34.2 Å². The van der Waals surface area contributed by atoms with E-state index in [2.05, 4.69) is 125 Å². The minimum atomic E-state index is -3.16. The third-order valence-corrected chi connectivity index (χ3v) is 29.4. The summed E-state index contributed by atoms with van der Waals surface area (Å²) in [5.74, 6) is 0. The molecule has 0 spiro atoms. The van der Waals surface area contributed by atoms with Crippen molar-refractivity contribution in [2.45, 2.75) is 195 Å². The number of hydrogen-bond acceptors (Lipinski definition) is 9. The Labute approximate surface area is 308 Å². The smallest absolute Gasteiger partial charge is 0.334 e. The lowest BCUT2D eigenvalue weighted by Crippen LogP contribution is -2.67. The van der Waals surface area contributed by atoms with Crippen LogP contribution in [-0.2, 0) is 40.1 Å². The Morgan fingerprint density at radius 3 is 0.714 bits per heavy atom. The van der Waals surface area contributed by atoms with Crippen LogP contribution in [0.1, 0.15) is 125 Å². The van der Waals surface area contributed by atoms with Gasteiger partial charge in [-0.2, -0.15) is 0 Å². The molecule has 0 aliphatic heterocycles. The van der Waals surface area contributed by atoms with Gasteiger partial charge in [0.15, 0.2) is 0 Å². The third kappa shape index (κ3) is 17.0. The van der Waals surface area contributed by atoms with E-state index in [1.54, 1.807) is 0 Å². The molecule has 13 heteroatoms. The molecule has 0 aliphatic rings. The summed E-state index contributed by atoms with van der Waals surface area (Å²) in [5, 5.41) is 0. The zero-order valence-electron chi connectivity index (χ0n) is 35.4. The third-order valence-electron chi connectivity index (χ3n) is 8.94. The van der Waals surface area contributed by atoms with Crippen LogP contribution in [0.5, 0.6) is 0 Å². The monoisotopic (exact) mass is 771 g/mol. The molecule has 0 saturated carbocycles. The van der Waals surface area contributed by atoms with Crippen LogP contribution >= 0.6 is 0 Å². The van der Waals surface area contributed by atoms with Crippen LogP contribution < -0.4 is 0 Å². The molecule has 0 rings (SSSR count). The zero-order chi connectivity index (χ0) is 38.1. The number of ether oxygens (including phenoxy) is 4. The van der Waals surface area contributed by atoms with Crippen molar-refractivity contribution in [3.05, 3.63) is 0 Å². The molecule has 9 nitrogen and oxygen atoms in total. The number of hydrogen-bond donors (Lipinski definition) is 0. The second-order valence-electron chi connectivity index (χ2n) is 15.7. The Morgan fingerprint density at radius 2 is 0.531 bits per heavy atom. The summed E-state index contributed by atoms with van der Waals surface area (Å²) in [5.41, 5.74) is 0.577. The minimum Gasteiger partial charge on any atom is -0.415 e. The highest BCUT2D eigenvalue weighted by molar-refractivity contribution is 6.91. The molecule has 296 valence electrons. The molecule has 49 heavy (non-hydrogen) atoms. The molecular weight excluding hydrogens is 689 g/mol. The van der Waals surface area contributed by atoms with Crippen LogP contribution in [0, 0.1) is 0 Å². The van der Waals surface area contributed by atoms with E-state index in [1.807, 2.05) is 0 Å². The molecule has 0 radical (unpaired) electrons.